The molecule has 0 fully saturated rings. The summed E-state index contributed by atoms with van der Waals surface area (Å²) in [5, 5.41) is 0. The first kappa shape index (κ1) is 11.5. The van der Waals surface area contributed by atoms with E-state index in [2.05, 4.69) is 18.2 Å². The first-order valence-corrected chi connectivity index (χ1v) is 6.81. The van der Waals surface area contributed by atoms with E-state index in [1.54, 1.807) is 25.4 Å². The Morgan fingerprint density at radius 1 is 1.22 bits per heavy atom. The minimum absolute atomic E-state index is 0.157. The van der Waals surface area contributed by atoms with Gasteiger partial charge in [-0.2, -0.15) is 0 Å². The molecule has 0 unspecified atom stereocenters. The third kappa shape index (κ3) is 1.75. The Balaban J connectivity index is 2.13. The van der Waals surface area contributed by atoms with E-state index in [1.165, 1.54) is 21.6 Å². The number of methoxy groups -OCH3 is 1. The van der Waals surface area contributed by atoms with Gasteiger partial charge in [0.1, 0.15) is 5.75 Å². The molecule has 18 heavy (non-hydrogen) atoms. The normalized spacial score (nSPS) is 12.8. The van der Waals surface area contributed by atoms with Crippen LogP contribution < -0.4 is 4.74 Å². The lowest BCUT2D eigenvalue weighted by atomic mass is 9.91. The van der Waals surface area contributed by atoms with E-state index < -0.39 is 0 Å². The number of benzene rings is 1. The van der Waals surface area contributed by atoms with Crippen molar-refractivity contribution >= 4 is 17.1 Å². The number of Topliss-reactive ketones (excluding diaryl/α,β-unsaturated/α-hetero) is 1. The SMILES string of the molecule is COc1ccc2c(c1)CCc1cc(C(C)=O)sc1-2. The van der Waals surface area contributed by atoms with Crippen LogP contribution in [0.2, 0.25) is 0 Å². The fourth-order valence-electron chi connectivity index (χ4n) is 2.41. The first-order valence-electron chi connectivity index (χ1n) is 6.00. The second-order valence-electron chi connectivity index (χ2n) is 4.54. The second-order valence-corrected chi connectivity index (χ2v) is 5.60. The molecule has 3 heteroatoms. The smallest absolute Gasteiger partial charge is 0.169 e. The van der Waals surface area contributed by atoms with Gasteiger partial charge in [0.15, 0.2) is 5.78 Å². The lowest BCUT2D eigenvalue weighted by Gasteiger charge is -2.16. The number of hydrogen-bond donors (Lipinski definition) is 0. The third-order valence-electron chi connectivity index (χ3n) is 3.38. The van der Waals surface area contributed by atoms with E-state index in [1.807, 2.05) is 6.07 Å². The summed E-state index contributed by atoms with van der Waals surface area (Å²) in [6.07, 6.45) is 2.03. The van der Waals surface area contributed by atoms with Gasteiger partial charge in [-0.3, -0.25) is 4.79 Å². The Bertz CT molecular complexity index is 625. The molecule has 0 saturated carbocycles. The maximum Gasteiger partial charge on any atom is 0.169 e. The average molecular weight is 258 g/mol. The molecule has 0 radical (unpaired) electrons. The van der Waals surface area contributed by atoms with Gasteiger partial charge in [-0.1, -0.05) is 0 Å². The molecular formula is C15H14O2S. The van der Waals surface area contributed by atoms with Crippen molar-refractivity contribution in [2.75, 3.05) is 7.11 Å². The summed E-state index contributed by atoms with van der Waals surface area (Å²) in [5.74, 6) is 1.06. The number of hydrogen-bond acceptors (Lipinski definition) is 3. The minimum Gasteiger partial charge on any atom is -0.497 e. The Hall–Kier alpha value is -1.61. The minimum atomic E-state index is 0.157. The van der Waals surface area contributed by atoms with Crippen molar-refractivity contribution in [3.05, 3.63) is 40.3 Å². The molecule has 1 aromatic carbocycles. The highest BCUT2D eigenvalue weighted by atomic mass is 32.1. The van der Waals surface area contributed by atoms with Crippen LogP contribution in [0.15, 0.2) is 24.3 Å². The zero-order chi connectivity index (χ0) is 12.7. The standard InChI is InChI=1S/C15H14O2S/c1-9(16)14-8-11-4-3-10-7-12(17-2)5-6-13(10)15(11)18-14/h5-8H,3-4H2,1-2H3. The van der Waals surface area contributed by atoms with Gasteiger partial charge in [-0.15, -0.1) is 11.3 Å². The monoisotopic (exact) mass is 258 g/mol. The molecule has 0 saturated heterocycles. The zero-order valence-electron chi connectivity index (χ0n) is 10.4. The molecular weight excluding hydrogens is 244 g/mol. The molecule has 0 aliphatic heterocycles. The predicted octanol–water partition coefficient (Wildman–Crippen LogP) is 3.72. The van der Waals surface area contributed by atoms with Crippen molar-refractivity contribution in [1.82, 2.24) is 0 Å². The van der Waals surface area contributed by atoms with Crippen molar-refractivity contribution in [1.29, 1.82) is 0 Å². The molecule has 1 aromatic heterocycles. The van der Waals surface area contributed by atoms with Gasteiger partial charge in [0.25, 0.3) is 0 Å². The fourth-order valence-corrected chi connectivity index (χ4v) is 3.58. The average Bonchev–Trinajstić information content (AvgIpc) is 2.82. The number of fused-ring (bicyclic) bond motifs is 3. The summed E-state index contributed by atoms with van der Waals surface area (Å²) in [4.78, 5) is 13.6. The Morgan fingerprint density at radius 2 is 2.00 bits per heavy atom. The second kappa shape index (κ2) is 4.25. The van der Waals surface area contributed by atoms with Gasteiger partial charge < -0.3 is 4.74 Å². The summed E-state index contributed by atoms with van der Waals surface area (Å²) in [7, 11) is 1.69. The van der Waals surface area contributed by atoms with Gasteiger partial charge in [-0.05, 0) is 60.7 Å². The van der Waals surface area contributed by atoms with Crippen LogP contribution in [0, 0.1) is 0 Å². The number of rotatable bonds is 2. The molecule has 0 atom stereocenters. The van der Waals surface area contributed by atoms with Crippen LogP contribution in [0.3, 0.4) is 0 Å². The molecule has 1 heterocycles. The van der Waals surface area contributed by atoms with E-state index in [-0.39, 0.29) is 5.78 Å². The maximum atomic E-state index is 11.5. The lowest BCUT2D eigenvalue weighted by molar-refractivity contribution is 0.102. The number of carbonyl (C=O) groups excluding carboxylic acids is 1. The highest BCUT2D eigenvalue weighted by Gasteiger charge is 2.20. The summed E-state index contributed by atoms with van der Waals surface area (Å²) in [6, 6.07) is 8.24. The molecule has 1 aliphatic carbocycles. The van der Waals surface area contributed by atoms with Crippen LogP contribution in [-0.4, -0.2) is 12.9 Å². The van der Waals surface area contributed by atoms with Crippen LogP contribution in [-0.2, 0) is 12.8 Å². The number of aryl methyl sites for hydroxylation is 2. The van der Waals surface area contributed by atoms with Gasteiger partial charge in [0.05, 0.1) is 12.0 Å². The zero-order valence-corrected chi connectivity index (χ0v) is 11.3. The number of ketones is 1. The van der Waals surface area contributed by atoms with E-state index >= 15 is 0 Å². The van der Waals surface area contributed by atoms with Crippen LogP contribution >= 0.6 is 11.3 Å². The quantitative estimate of drug-likeness (QED) is 0.767. The van der Waals surface area contributed by atoms with Crippen LogP contribution in [0.25, 0.3) is 10.4 Å². The molecule has 1 aliphatic rings. The van der Waals surface area contributed by atoms with Crippen molar-refractivity contribution in [2.24, 2.45) is 0 Å². The Morgan fingerprint density at radius 3 is 2.72 bits per heavy atom. The van der Waals surface area contributed by atoms with Crippen LogP contribution in [0.5, 0.6) is 5.75 Å². The van der Waals surface area contributed by atoms with E-state index in [9.17, 15) is 4.79 Å². The highest BCUT2D eigenvalue weighted by molar-refractivity contribution is 7.17. The van der Waals surface area contributed by atoms with Crippen molar-refractivity contribution < 1.29 is 9.53 Å². The maximum absolute atomic E-state index is 11.5. The van der Waals surface area contributed by atoms with Crippen LogP contribution in [0.1, 0.15) is 27.7 Å². The molecule has 2 nitrogen and oxygen atoms in total. The van der Waals surface area contributed by atoms with E-state index in [0.717, 1.165) is 23.5 Å². The van der Waals surface area contributed by atoms with Crippen molar-refractivity contribution in [3.8, 4) is 16.2 Å². The molecule has 2 aromatic rings. The molecule has 0 amide bonds. The Labute approximate surface area is 110 Å². The van der Waals surface area contributed by atoms with Gasteiger partial charge in [-0.25, -0.2) is 0 Å². The summed E-state index contributed by atoms with van der Waals surface area (Å²) < 4.78 is 5.26. The lowest BCUT2D eigenvalue weighted by Crippen LogP contribution is -2.01. The number of thiophene rings is 1. The third-order valence-corrected chi connectivity index (χ3v) is 4.69. The van der Waals surface area contributed by atoms with Gasteiger partial charge in [0, 0.05) is 4.88 Å². The molecule has 0 N–H and O–H groups in total. The predicted molar refractivity (Wildman–Crippen MR) is 73.7 cm³/mol. The van der Waals surface area contributed by atoms with E-state index in [4.69, 9.17) is 4.74 Å². The van der Waals surface area contributed by atoms with Gasteiger partial charge in [0.2, 0.25) is 0 Å². The van der Waals surface area contributed by atoms with Crippen LogP contribution in [0.4, 0.5) is 0 Å². The molecule has 92 valence electrons. The van der Waals surface area contributed by atoms with Crippen molar-refractivity contribution in [2.45, 2.75) is 19.8 Å². The fraction of sp³-hybridized carbons (Fsp3) is 0.267. The van der Waals surface area contributed by atoms with E-state index in [0.29, 0.717) is 0 Å². The number of ether oxygens (including phenoxy) is 1. The summed E-state index contributed by atoms with van der Waals surface area (Å²) in [5.41, 5.74) is 3.89. The number of carbonyl (C=O) groups is 1. The Kier molecular flexibility index (Phi) is 2.71. The summed E-state index contributed by atoms with van der Waals surface area (Å²) >= 11 is 1.61. The van der Waals surface area contributed by atoms with Crippen molar-refractivity contribution in [3.63, 3.8) is 0 Å². The molecule has 0 bridgehead atoms. The first-order chi connectivity index (χ1) is 8.69. The highest BCUT2D eigenvalue weighted by Crippen LogP contribution is 2.40. The molecule has 3 rings (SSSR count). The largest absolute Gasteiger partial charge is 0.497 e. The topological polar surface area (TPSA) is 26.3 Å². The summed E-state index contributed by atoms with van der Waals surface area (Å²) in [6.45, 7) is 1.63. The molecule has 0 spiro atoms. The van der Waals surface area contributed by atoms with Gasteiger partial charge >= 0.3 is 0 Å².